The van der Waals surface area contributed by atoms with Crippen LogP contribution in [-0.4, -0.2) is 26.8 Å². The minimum atomic E-state index is -0.837. The number of benzene rings is 2. The molecule has 0 saturated carbocycles. The average Bonchev–Trinajstić information content (AvgIpc) is 3.37. The number of aromatic nitrogens is 2. The van der Waals surface area contributed by atoms with Crippen LogP contribution in [0.3, 0.4) is 0 Å². The molecule has 7 heteroatoms. The van der Waals surface area contributed by atoms with Crippen LogP contribution in [0.1, 0.15) is 43.5 Å². The summed E-state index contributed by atoms with van der Waals surface area (Å²) in [7, 11) is 0. The monoisotopic (exact) mass is 469 g/mol. The summed E-state index contributed by atoms with van der Waals surface area (Å²) >= 11 is 1.36. The second-order valence-corrected chi connectivity index (χ2v) is 10.3. The van der Waals surface area contributed by atoms with E-state index in [1.807, 2.05) is 18.2 Å². The molecule has 170 valence electrons. The van der Waals surface area contributed by atoms with Crippen molar-refractivity contribution >= 4 is 44.1 Å². The number of amides is 1. The van der Waals surface area contributed by atoms with Gasteiger partial charge in [-0.05, 0) is 34.7 Å². The van der Waals surface area contributed by atoms with Gasteiger partial charge in [0.15, 0.2) is 5.13 Å². The number of fused-ring (bicyclic) bond motifs is 1. The third-order valence-electron chi connectivity index (χ3n) is 5.94. The van der Waals surface area contributed by atoms with Crippen LogP contribution in [0.4, 0.5) is 5.13 Å². The topological polar surface area (TPSA) is 83.4 Å². The molecule has 1 aliphatic heterocycles. The highest BCUT2D eigenvalue weighted by molar-refractivity contribution is 7.22. The van der Waals surface area contributed by atoms with Gasteiger partial charge in [0, 0.05) is 18.0 Å². The van der Waals surface area contributed by atoms with E-state index in [-0.39, 0.29) is 16.7 Å². The zero-order chi connectivity index (χ0) is 24.0. The molecule has 1 fully saturated rings. The van der Waals surface area contributed by atoms with Gasteiger partial charge >= 0.3 is 5.91 Å². The molecule has 0 radical (unpaired) electrons. The van der Waals surface area contributed by atoms with E-state index in [1.165, 1.54) is 16.2 Å². The van der Waals surface area contributed by atoms with Crippen LogP contribution in [0, 0.1) is 0 Å². The van der Waals surface area contributed by atoms with Gasteiger partial charge in [0.25, 0.3) is 5.78 Å². The molecule has 1 unspecified atom stereocenters. The lowest BCUT2D eigenvalue weighted by Crippen LogP contribution is -2.29. The molecule has 1 N–H and O–H groups in total. The number of rotatable bonds is 3. The van der Waals surface area contributed by atoms with Crippen LogP contribution in [0.25, 0.3) is 16.0 Å². The zero-order valence-electron chi connectivity index (χ0n) is 19.0. The fraction of sp³-hybridized carbons (Fsp3) is 0.185. The Hall–Kier alpha value is -3.84. The third-order valence-corrected chi connectivity index (χ3v) is 6.96. The molecule has 3 heterocycles. The highest BCUT2D eigenvalue weighted by Gasteiger charge is 2.48. The average molecular weight is 470 g/mol. The molecule has 1 saturated heterocycles. The number of anilines is 1. The minimum absolute atomic E-state index is 0.0267. The van der Waals surface area contributed by atoms with Crippen LogP contribution in [-0.2, 0) is 15.0 Å². The van der Waals surface area contributed by atoms with Gasteiger partial charge in [0.2, 0.25) is 0 Å². The van der Waals surface area contributed by atoms with Crippen LogP contribution in [0.2, 0.25) is 0 Å². The standard InChI is InChI=1S/C27H23N3O3S/c1-27(2,3)18-11-12-19-20(14-18)34-26(29-19)30-22(17-10-7-13-28-15-17)21(24(32)25(30)33)23(31)16-8-5-4-6-9-16/h4-15,22,31H,1-3H3/b23-21+. The Morgan fingerprint density at radius 2 is 1.79 bits per heavy atom. The maximum atomic E-state index is 13.3. The first-order valence-corrected chi connectivity index (χ1v) is 11.7. The summed E-state index contributed by atoms with van der Waals surface area (Å²) in [4.78, 5) is 36.8. The molecular formula is C27H23N3O3S. The number of aliphatic hydroxyl groups excluding tert-OH is 1. The van der Waals surface area contributed by atoms with E-state index in [0.29, 0.717) is 16.3 Å². The summed E-state index contributed by atoms with van der Waals surface area (Å²) in [5.41, 5.74) is 2.99. The predicted molar refractivity (Wildman–Crippen MR) is 134 cm³/mol. The molecule has 4 aromatic rings. The number of ketones is 1. The second kappa shape index (κ2) is 8.18. The third kappa shape index (κ3) is 3.68. The maximum absolute atomic E-state index is 13.3. The Labute approximate surface area is 201 Å². The van der Waals surface area contributed by atoms with E-state index in [2.05, 4.69) is 31.8 Å². The molecule has 34 heavy (non-hydrogen) atoms. The Morgan fingerprint density at radius 1 is 1.03 bits per heavy atom. The fourth-order valence-corrected chi connectivity index (χ4v) is 5.15. The molecule has 1 atom stereocenters. The van der Waals surface area contributed by atoms with E-state index in [4.69, 9.17) is 4.98 Å². The first-order chi connectivity index (χ1) is 16.3. The van der Waals surface area contributed by atoms with Gasteiger partial charge in [-0.15, -0.1) is 0 Å². The largest absolute Gasteiger partial charge is 0.507 e. The molecular weight excluding hydrogens is 446 g/mol. The maximum Gasteiger partial charge on any atom is 0.301 e. The van der Waals surface area contributed by atoms with Gasteiger partial charge in [-0.2, -0.15) is 0 Å². The Morgan fingerprint density at radius 3 is 2.47 bits per heavy atom. The van der Waals surface area contributed by atoms with Gasteiger partial charge in [-0.1, -0.05) is 74.6 Å². The van der Waals surface area contributed by atoms with Gasteiger partial charge in [-0.3, -0.25) is 19.5 Å². The first kappa shape index (κ1) is 22.0. The molecule has 5 rings (SSSR count). The second-order valence-electron chi connectivity index (χ2n) is 9.25. The number of carbonyl (C=O) groups excluding carboxylic acids is 2. The van der Waals surface area contributed by atoms with Crippen molar-refractivity contribution in [3.63, 3.8) is 0 Å². The number of pyridine rings is 1. The highest BCUT2D eigenvalue weighted by atomic mass is 32.1. The summed E-state index contributed by atoms with van der Waals surface area (Å²) in [6.07, 6.45) is 3.23. The summed E-state index contributed by atoms with van der Waals surface area (Å²) < 4.78 is 0.928. The van der Waals surface area contributed by atoms with Crippen molar-refractivity contribution in [3.05, 3.63) is 95.3 Å². The van der Waals surface area contributed by atoms with Gasteiger partial charge in [0.05, 0.1) is 21.8 Å². The van der Waals surface area contributed by atoms with E-state index >= 15 is 0 Å². The van der Waals surface area contributed by atoms with E-state index in [1.54, 1.807) is 48.8 Å². The number of hydrogen-bond donors (Lipinski definition) is 1. The lowest BCUT2D eigenvalue weighted by molar-refractivity contribution is -0.132. The Bertz CT molecular complexity index is 1440. The minimum Gasteiger partial charge on any atom is -0.507 e. The van der Waals surface area contributed by atoms with Crippen LogP contribution < -0.4 is 4.90 Å². The van der Waals surface area contributed by atoms with Crippen LogP contribution in [0.5, 0.6) is 0 Å². The summed E-state index contributed by atoms with van der Waals surface area (Å²) in [6, 6.07) is 17.5. The lowest BCUT2D eigenvalue weighted by atomic mass is 9.87. The zero-order valence-corrected chi connectivity index (χ0v) is 19.8. The van der Waals surface area contributed by atoms with Crippen LogP contribution in [0.15, 0.2) is 78.6 Å². The first-order valence-electron chi connectivity index (χ1n) is 10.9. The van der Waals surface area contributed by atoms with Gasteiger partial charge < -0.3 is 5.11 Å². The number of hydrogen-bond acceptors (Lipinski definition) is 6. The van der Waals surface area contributed by atoms with Gasteiger partial charge in [-0.25, -0.2) is 4.98 Å². The quantitative estimate of drug-likeness (QED) is 0.239. The summed E-state index contributed by atoms with van der Waals surface area (Å²) in [6.45, 7) is 6.42. The molecule has 0 spiro atoms. The summed E-state index contributed by atoms with van der Waals surface area (Å²) in [5, 5.41) is 11.5. The van der Waals surface area contributed by atoms with Crippen molar-refractivity contribution in [1.82, 2.24) is 9.97 Å². The number of aliphatic hydroxyl groups is 1. The molecule has 6 nitrogen and oxygen atoms in total. The van der Waals surface area contributed by atoms with Crippen molar-refractivity contribution in [2.45, 2.75) is 32.2 Å². The SMILES string of the molecule is CC(C)(C)c1ccc2nc(N3C(=O)C(=O)/C(=C(/O)c4ccccc4)C3c3cccnc3)sc2c1. The molecule has 2 aromatic carbocycles. The predicted octanol–water partition coefficient (Wildman–Crippen LogP) is 5.62. The molecule has 1 aliphatic rings. The summed E-state index contributed by atoms with van der Waals surface area (Å²) in [5.74, 6) is -1.68. The van der Waals surface area contributed by atoms with Crippen molar-refractivity contribution in [2.24, 2.45) is 0 Å². The number of thiazole rings is 1. The van der Waals surface area contributed by atoms with Crippen LogP contribution >= 0.6 is 11.3 Å². The molecule has 2 aromatic heterocycles. The Kier molecular flexibility index (Phi) is 5.29. The molecule has 1 amide bonds. The van der Waals surface area contributed by atoms with E-state index in [0.717, 1.165) is 15.8 Å². The van der Waals surface area contributed by atoms with Gasteiger partial charge in [0.1, 0.15) is 5.76 Å². The normalized spacial score (nSPS) is 18.1. The van der Waals surface area contributed by atoms with Crippen molar-refractivity contribution in [2.75, 3.05) is 4.90 Å². The molecule has 0 bridgehead atoms. The number of nitrogens with zero attached hydrogens (tertiary/aromatic N) is 3. The number of carbonyl (C=O) groups is 2. The van der Waals surface area contributed by atoms with Crippen molar-refractivity contribution in [1.29, 1.82) is 0 Å². The Balaban J connectivity index is 1.70. The lowest BCUT2D eigenvalue weighted by Gasteiger charge is -2.22. The van der Waals surface area contributed by atoms with E-state index in [9.17, 15) is 14.7 Å². The number of Topliss-reactive ketones (excluding diaryl/α,β-unsaturated/α-hetero) is 1. The highest BCUT2D eigenvalue weighted by Crippen LogP contribution is 2.44. The van der Waals surface area contributed by atoms with Crippen molar-refractivity contribution < 1.29 is 14.7 Å². The smallest absolute Gasteiger partial charge is 0.301 e. The van der Waals surface area contributed by atoms with E-state index < -0.39 is 17.7 Å². The fourth-order valence-electron chi connectivity index (χ4n) is 4.12. The van der Waals surface area contributed by atoms with Crippen molar-refractivity contribution in [3.8, 4) is 0 Å². The molecule has 0 aliphatic carbocycles.